The van der Waals surface area contributed by atoms with Gasteiger partial charge in [0.15, 0.2) is 6.61 Å². The van der Waals surface area contributed by atoms with Crippen LogP contribution in [-0.2, 0) is 17.8 Å². The fourth-order valence-corrected chi connectivity index (χ4v) is 4.02. The van der Waals surface area contributed by atoms with Gasteiger partial charge in [0.2, 0.25) is 0 Å². The number of nitrogens with zero attached hydrogens (tertiary/aromatic N) is 2. The molecule has 0 atom stereocenters. The minimum atomic E-state index is -0.176. The van der Waals surface area contributed by atoms with Crippen LogP contribution in [0.3, 0.4) is 0 Å². The molecule has 1 aromatic heterocycles. The Morgan fingerprint density at radius 2 is 1.80 bits per heavy atom. The van der Waals surface area contributed by atoms with E-state index in [9.17, 15) is 4.79 Å². The first-order valence-electron chi connectivity index (χ1n) is 11.8. The molecule has 0 aliphatic heterocycles. The van der Waals surface area contributed by atoms with E-state index in [1.807, 2.05) is 30.3 Å². The van der Waals surface area contributed by atoms with E-state index in [1.54, 1.807) is 24.3 Å². The number of halogens is 1. The number of rotatable bonds is 11. The fourth-order valence-electron chi connectivity index (χ4n) is 3.90. The van der Waals surface area contributed by atoms with Gasteiger partial charge in [-0.1, -0.05) is 35.9 Å². The van der Waals surface area contributed by atoms with Crippen molar-refractivity contribution in [3.05, 3.63) is 88.7 Å². The number of carbonyl (C=O) groups excluding carboxylic acids is 1. The number of hydrogen-bond acceptors (Lipinski definition) is 4. The Morgan fingerprint density at radius 1 is 1.00 bits per heavy atom. The third-order valence-corrected chi connectivity index (χ3v) is 6.18. The fraction of sp³-hybridized carbons (Fsp3) is 0.286. The number of ether oxygens (including phenoxy) is 2. The lowest BCUT2D eigenvalue weighted by Gasteiger charge is -2.13. The zero-order valence-corrected chi connectivity index (χ0v) is 20.8. The van der Waals surface area contributed by atoms with Crippen molar-refractivity contribution in [3.8, 4) is 11.5 Å². The lowest BCUT2D eigenvalue weighted by atomic mass is 10.1. The van der Waals surface area contributed by atoms with Crippen LogP contribution in [0.25, 0.3) is 11.0 Å². The molecule has 35 heavy (non-hydrogen) atoms. The molecule has 0 aliphatic rings. The summed E-state index contributed by atoms with van der Waals surface area (Å²) in [6.07, 6.45) is 1.47. The minimum absolute atomic E-state index is 0.0479. The number of carbonyl (C=O) groups is 1. The molecule has 1 N–H and O–H groups in total. The first-order valence-corrected chi connectivity index (χ1v) is 12.2. The maximum Gasteiger partial charge on any atom is 0.257 e. The number of imidazole rings is 1. The summed E-state index contributed by atoms with van der Waals surface area (Å²) in [4.78, 5) is 17.0. The van der Waals surface area contributed by atoms with Gasteiger partial charge in [-0.15, -0.1) is 0 Å². The van der Waals surface area contributed by atoms with Crippen LogP contribution >= 0.6 is 11.6 Å². The van der Waals surface area contributed by atoms with E-state index in [0.29, 0.717) is 30.3 Å². The second-order valence-corrected chi connectivity index (χ2v) is 8.85. The first kappa shape index (κ1) is 24.6. The third kappa shape index (κ3) is 6.55. The van der Waals surface area contributed by atoms with Crippen molar-refractivity contribution in [2.45, 2.75) is 33.2 Å². The second-order valence-electron chi connectivity index (χ2n) is 8.41. The largest absolute Gasteiger partial charge is 0.493 e. The van der Waals surface area contributed by atoms with E-state index in [2.05, 4.69) is 35.9 Å². The van der Waals surface area contributed by atoms with E-state index < -0.39 is 0 Å². The molecular formula is C28H30ClN3O3. The molecule has 0 aliphatic carbocycles. The number of benzene rings is 3. The van der Waals surface area contributed by atoms with Gasteiger partial charge in [0.05, 0.1) is 17.6 Å². The van der Waals surface area contributed by atoms with Crippen LogP contribution in [-0.4, -0.2) is 35.2 Å². The Kier molecular flexibility index (Phi) is 8.27. The van der Waals surface area contributed by atoms with Gasteiger partial charge in [-0.05, 0) is 73.9 Å². The highest BCUT2D eigenvalue weighted by atomic mass is 35.5. The van der Waals surface area contributed by atoms with Gasteiger partial charge in [-0.2, -0.15) is 0 Å². The van der Waals surface area contributed by atoms with Gasteiger partial charge < -0.3 is 19.4 Å². The summed E-state index contributed by atoms with van der Waals surface area (Å²) in [6.45, 7) is 6.01. The highest BCUT2D eigenvalue weighted by Gasteiger charge is 2.11. The van der Waals surface area contributed by atoms with E-state index in [1.165, 1.54) is 11.1 Å². The monoisotopic (exact) mass is 491 g/mol. The lowest BCUT2D eigenvalue weighted by Crippen LogP contribution is -2.31. The first-order chi connectivity index (χ1) is 17.0. The number of fused-ring (bicyclic) bond motifs is 1. The molecule has 0 radical (unpaired) electrons. The molecule has 4 rings (SSSR count). The van der Waals surface area contributed by atoms with Gasteiger partial charge in [-0.3, -0.25) is 4.79 Å². The zero-order chi connectivity index (χ0) is 24.6. The molecule has 3 aromatic carbocycles. The Bertz CT molecular complexity index is 1280. The molecule has 0 saturated carbocycles. The smallest absolute Gasteiger partial charge is 0.257 e. The molecule has 1 heterocycles. The van der Waals surface area contributed by atoms with Crippen molar-refractivity contribution in [2.24, 2.45) is 0 Å². The summed E-state index contributed by atoms with van der Waals surface area (Å²) in [5, 5.41) is 3.54. The average molecular weight is 492 g/mol. The van der Waals surface area contributed by atoms with Crippen LogP contribution in [0.1, 0.15) is 23.4 Å². The van der Waals surface area contributed by atoms with Crippen LogP contribution in [0.15, 0.2) is 66.7 Å². The third-order valence-electron chi connectivity index (χ3n) is 5.93. The number of aromatic nitrogens is 2. The van der Waals surface area contributed by atoms with Crippen molar-refractivity contribution in [1.82, 2.24) is 14.9 Å². The molecule has 4 aromatic rings. The predicted octanol–water partition coefficient (Wildman–Crippen LogP) is 5.51. The standard InChI is InChI=1S/C28H30ClN3O3/c1-20-7-5-10-26(21(20)2)34-18-6-17-32-25-9-4-3-8-24(25)31-27(32)15-16-30-28(33)19-35-23-13-11-22(29)12-14-23/h3-5,7-14H,6,15-19H2,1-2H3,(H,30,33). The molecule has 0 saturated heterocycles. The van der Waals surface area contributed by atoms with Crippen LogP contribution in [0, 0.1) is 13.8 Å². The number of para-hydroxylation sites is 2. The van der Waals surface area contributed by atoms with Crippen LogP contribution in [0.2, 0.25) is 5.02 Å². The van der Waals surface area contributed by atoms with E-state index in [0.717, 1.165) is 35.6 Å². The van der Waals surface area contributed by atoms with Crippen LogP contribution in [0.4, 0.5) is 0 Å². The summed E-state index contributed by atoms with van der Waals surface area (Å²) in [5.41, 5.74) is 4.45. The van der Waals surface area contributed by atoms with Crippen LogP contribution < -0.4 is 14.8 Å². The zero-order valence-electron chi connectivity index (χ0n) is 20.1. The molecule has 0 spiro atoms. The van der Waals surface area contributed by atoms with Crippen molar-refractivity contribution >= 4 is 28.5 Å². The Morgan fingerprint density at radius 3 is 2.63 bits per heavy atom. The van der Waals surface area contributed by atoms with E-state index in [4.69, 9.17) is 26.1 Å². The summed E-state index contributed by atoms with van der Waals surface area (Å²) in [7, 11) is 0. The Balaban J connectivity index is 1.30. The van der Waals surface area contributed by atoms with E-state index in [-0.39, 0.29) is 12.5 Å². The molecule has 0 unspecified atom stereocenters. The molecule has 6 nitrogen and oxygen atoms in total. The van der Waals surface area contributed by atoms with Crippen molar-refractivity contribution in [3.63, 3.8) is 0 Å². The molecule has 182 valence electrons. The van der Waals surface area contributed by atoms with Gasteiger partial charge in [0, 0.05) is 24.5 Å². The normalized spacial score (nSPS) is 10.9. The average Bonchev–Trinajstić information content (AvgIpc) is 3.21. The summed E-state index contributed by atoms with van der Waals surface area (Å²) in [6, 6.07) is 21.2. The molecule has 1 amide bonds. The van der Waals surface area contributed by atoms with Gasteiger partial charge >= 0.3 is 0 Å². The summed E-state index contributed by atoms with van der Waals surface area (Å²) in [5.74, 6) is 2.31. The van der Waals surface area contributed by atoms with Crippen molar-refractivity contribution in [2.75, 3.05) is 19.8 Å². The minimum Gasteiger partial charge on any atom is -0.493 e. The maximum atomic E-state index is 12.2. The number of amides is 1. The topological polar surface area (TPSA) is 65.4 Å². The quantitative estimate of drug-likeness (QED) is 0.281. The SMILES string of the molecule is Cc1cccc(OCCCn2c(CCNC(=O)COc3ccc(Cl)cc3)nc3ccccc32)c1C. The number of hydrogen-bond donors (Lipinski definition) is 1. The molecule has 0 fully saturated rings. The second kappa shape index (κ2) is 11.8. The highest BCUT2D eigenvalue weighted by Crippen LogP contribution is 2.21. The van der Waals surface area contributed by atoms with Crippen LogP contribution in [0.5, 0.6) is 11.5 Å². The van der Waals surface area contributed by atoms with Crippen molar-refractivity contribution < 1.29 is 14.3 Å². The maximum absolute atomic E-state index is 12.2. The van der Waals surface area contributed by atoms with Gasteiger partial charge in [0.25, 0.3) is 5.91 Å². The van der Waals surface area contributed by atoms with Crippen molar-refractivity contribution in [1.29, 1.82) is 0 Å². The van der Waals surface area contributed by atoms with Gasteiger partial charge in [0.1, 0.15) is 17.3 Å². The molecule has 0 bridgehead atoms. The summed E-state index contributed by atoms with van der Waals surface area (Å²) >= 11 is 5.87. The summed E-state index contributed by atoms with van der Waals surface area (Å²) < 4.78 is 13.8. The predicted molar refractivity (Wildman–Crippen MR) is 139 cm³/mol. The number of nitrogens with one attached hydrogen (secondary N) is 1. The molecular weight excluding hydrogens is 462 g/mol. The Labute approximate surface area is 210 Å². The Hall–Kier alpha value is -3.51. The van der Waals surface area contributed by atoms with E-state index >= 15 is 0 Å². The lowest BCUT2D eigenvalue weighted by molar-refractivity contribution is -0.123. The number of aryl methyl sites for hydroxylation is 2. The van der Waals surface area contributed by atoms with Gasteiger partial charge in [-0.25, -0.2) is 4.98 Å². The highest BCUT2D eigenvalue weighted by molar-refractivity contribution is 6.30. The molecule has 7 heteroatoms.